The molecule has 0 amide bonds. The fourth-order valence-electron chi connectivity index (χ4n) is 3.94. The van der Waals surface area contributed by atoms with E-state index >= 15 is 0 Å². The molecule has 4 rings (SSSR count). The van der Waals surface area contributed by atoms with E-state index < -0.39 is 0 Å². The van der Waals surface area contributed by atoms with Crippen LogP contribution in [0.4, 0.5) is 5.69 Å². The van der Waals surface area contributed by atoms with E-state index in [-0.39, 0.29) is 5.56 Å². The number of rotatable bonds is 2. The van der Waals surface area contributed by atoms with Crippen molar-refractivity contribution in [2.75, 3.05) is 25.5 Å². The van der Waals surface area contributed by atoms with Gasteiger partial charge in [-0.2, -0.15) is 0 Å². The Hall–Kier alpha value is -2.34. The summed E-state index contributed by atoms with van der Waals surface area (Å²) in [5, 5.41) is 4.06. The molecule has 1 N–H and O–H groups in total. The Morgan fingerprint density at radius 2 is 1.96 bits per heavy atom. The van der Waals surface area contributed by atoms with E-state index in [0.717, 1.165) is 48.3 Å². The summed E-state index contributed by atoms with van der Waals surface area (Å²) in [7, 11) is 1.66. The lowest BCUT2D eigenvalue weighted by Gasteiger charge is -2.43. The lowest BCUT2D eigenvalue weighted by atomic mass is 9.83. The molecule has 5 nitrogen and oxygen atoms in total. The molecule has 1 aromatic heterocycles. The van der Waals surface area contributed by atoms with Crippen LogP contribution in [0, 0.1) is 5.92 Å². The van der Waals surface area contributed by atoms with Crippen LogP contribution in [-0.4, -0.2) is 34.8 Å². The van der Waals surface area contributed by atoms with Gasteiger partial charge >= 0.3 is 0 Å². The van der Waals surface area contributed by atoms with Crippen molar-refractivity contribution in [2.45, 2.75) is 18.9 Å². The molecule has 1 aromatic carbocycles. The van der Waals surface area contributed by atoms with Gasteiger partial charge in [0.1, 0.15) is 5.75 Å². The molecule has 0 aliphatic carbocycles. The first-order valence-electron chi connectivity index (χ1n) is 8.54. The van der Waals surface area contributed by atoms with E-state index in [1.165, 1.54) is 0 Å². The monoisotopic (exact) mass is 355 g/mol. The van der Waals surface area contributed by atoms with Crippen LogP contribution in [0.1, 0.15) is 18.0 Å². The van der Waals surface area contributed by atoms with Crippen molar-refractivity contribution in [1.82, 2.24) is 9.47 Å². The van der Waals surface area contributed by atoms with E-state index in [9.17, 15) is 4.79 Å². The number of ether oxygens (including phenoxy) is 1. The van der Waals surface area contributed by atoms with Gasteiger partial charge in [0.05, 0.1) is 7.11 Å². The highest BCUT2D eigenvalue weighted by Gasteiger charge is 2.35. The number of pyridine rings is 1. The summed E-state index contributed by atoms with van der Waals surface area (Å²) in [5.41, 5.74) is 2.21. The van der Waals surface area contributed by atoms with Crippen LogP contribution in [0.2, 0.25) is 0 Å². The van der Waals surface area contributed by atoms with E-state index in [1.54, 1.807) is 13.2 Å². The summed E-state index contributed by atoms with van der Waals surface area (Å²) in [5.74, 6) is 1.64. The lowest BCUT2D eigenvalue weighted by molar-refractivity contribution is 0.180. The smallest absolute Gasteiger partial charge is 0.250 e. The van der Waals surface area contributed by atoms with Crippen molar-refractivity contribution in [3.05, 3.63) is 58.5 Å². The molecule has 25 heavy (non-hydrogen) atoms. The van der Waals surface area contributed by atoms with Crippen molar-refractivity contribution >= 4 is 23.0 Å². The highest BCUT2D eigenvalue weighted by Crippen LogP contribution is 2.35. The van der Waals surface area contributed by atoms with Gasteiger partial charge in [-0.3, -0.25) is 4.79 Å². The Morgan fingerprint density at radius 1 is 1.16 bits per heavy atom. The SMILES string of the molecule is COc1ccc(NC(=S)N2C[C@@H]3C[C@@H](C2)c2cccc(=O)n2C3)cc1. The number of nitrogens with zero attached hydrogens (tertiary/aromatic N) is 2. The number of aromatic nitrogens is 1. The summed E-state index contributed by atoms with van der Waals surface area (Å²) < 4.78 is 7.13. The van der Waals surface area contributed by atoms with Crippen molar-refractivity contribution in [2.24, 2.45) is 5.92 Å². The Kier molecular flexibility index (Phi) is 4.21. The number of methoxy groups -OCH3 is 1. The summed E-state index contributed by atoms with van der Waals surface area (Å²) in [6.07, 6.45) is 1.13. The maximum Gasteiger partial charge on any atom is 0.250 e. The zero-order valence-corrected chi connectivity index (χ0v) is 15.0. The van der Waals surface area contributed by atoms with Gasteiger partial charge in [-0.1, -0.05) is 6.07 Å². The zero-order chi connectivity index (χ0) is 17.4. The van der Waals surface area contributed by atoms with Gasteiger partial charge in [0, 0.05) is 43.0 Å². The quantitative estimate of drug-likeness (QED) is 0.840. The van der Waals surface area contributed by atoms with Crippen molar-refractivity contribution in [3.63, 3.8) is 0 Å². The van der Waals surface area contributed by atoms with Gasteiger partial charge in [0.25, 0.3) is 5.56 Å². The predicted molar refractivity (Wildman–Crippen MR) is 102 cm³/mol. The number of hydrogen-bond donors (Lipinski definition) is 1. The predicted octanol–water partition coefficient (Wildman–Crippen LogP) is 2.67. The highest BCUT2D eigenvalue weighted by molar-refractivity contribution is 7.80. The number of piperidine rings is 1. The van der Waals surface area contributed by atoms with Crippen LogP contribution < -0.4 is 15.6 Å². The van der Waals surface area contributed by atoms with Crippen LogP contribution in [-0.2, 0) is 6.54 Å². The Morgan fingerprint density at radius 3 is 2.72 bits per heavy atom. The summed E-state index contributed by atoms with van der Waals surface area (Å²) in [6, 6.07) is 13.3. The van der Waals surface area contributed by atoms with Crippen molar-refractivity contribution in [1.29, 1.82) is 0 Å². The molecule has 130 valence electrons. The molecule has 6 heteroatoms. The van der Waals surface area contributed by atoms with Gasteiger partial charge < -0.3 is 19.5 Å². The number of benzene rings is 1. The molecular weight excluding hydrogens is 334 g/mol. The standard InChI is InChI=1S/C19H21N3O2S/c1-24-16-7-5-15(6-8-16)20-19(25)21-10-13-9-14(12-21)17-3-2-4-18(23)22(17)11-13/h2-8,13-14H,9-12H2,1H3,(H,20,25)/t13-,14-/m0/s1. The molecule has 2 aliphatic rings. The molecule has 2 aliphatic heterocycles. The summed E-state index contributed by atoms with van der Waals surface area (Å²) in [4.78, 5) is 14.3. The highest BCUT2D eigenvalue weighted by atomic mass is 32.1. The van der Waals surface area contributed by atoms with Gasteiger partial charge in [0.2, 0.25) is 0 Å². The van der Waals surface area contributed by atoms with E-state index in [2.05, 4.69) is 16.3 Å². The van der Waals surface area contributed by atoms with E-state index in [4.69, 9.17) is 17.0 Å². The average molecular weight is 355 g/mol. The fourth-order valence-corrected chi connectivity index (χ4v) is 4.21. The number of thiocarbonyl (C=S) groups is 1. The van der Waals surface area contributed by atoms with Crippen LogP contribution in [0.3, 0.4) is 0 Å². The third-order valence-corrected chi connectivity index (χ3v) is 5.47. The minimum absolute atomic E-state index is 0.111. The maximum atomic E-state index is 12.1. The molecule has 2 atom stereocenters. The molecule has 0 spiro atoms. The van der Waals surface area contributed by atoms with Crippen molar-refractivity contribution < 1.29 is 4.74 Å². The number of anilines is 1. The normalized spacial score (nSPS) is 21.4. The van der Waals surface area contributed by atoms with Gasteiger partial charge in [-0.15, -0.1) is 0 Å². The molecule has 1 saturated heterocycles. The largest absolute Gasteiger partial charge is 0.497 e. The zero-order valence-electron chi connectivity index (χ0n) is 14.1. The molecule has 3 heterocycles. The van der Waals surface area contributed by atoms with Gasteiger partial charge in [-0.25, -0.2) is 0 Å². The Labute approximate surface area is 152 Å². The maximum absolute atomic E-state index is 12.1. The second-order valence-electron chi connectivity index (χ2n) is 6.76. The molecule has 0 unspecified atom stereocenters. The lowest BCUT2D eigenvalue weighted by Crippen LogP contribution is -2.50. The molecule has 0 radical (unpaired) electrons. The van der Waals surface area contributed by atoms with E-state index in [1.807, 2.05) is 34.9 Å². The van der Waals surface area contributed by atoms with Crippen LogP contribution in [0.25, 0.3) is 0 Å². The van der Waals surface area contributed by atoms with Crippen molar-refractivity contribution in [3.8, 4) is 5.75 Å². The van der Waals surface area contributed by atoms with E-state index in [0.29, 0.717) is 11.8 Å². The van der Waals surface area contributed by atoms with Crippen LogP contribution in [0.5, 0.6) is 5.75 Å². The first-order chi connectivity index (χ1) is 12.1. The molecule has 2 bridgehead atoms. The second-order valence-corrected chi connectivity index (χ2v) is 7.15. The second kappa shape index (κ2) is 6.52. The minimum Gasteiger partial charge on any atom is -0.497 e. The van der Waals surface area contributed by atoms with Gasteiger partial charge in [-0.05, 0) is 54.9 Å². The minimum atomic E-state index is 0.111. The average Bonchev–Trinajstić information content (AvgIpc) is 2.63. The first kappa shape index (κ1) is 16.1. The third kappa shape index (κ3) is 3.14. The van der Waals surface area contributed by atoms with Crippen LogP contribution >= 0.6 is 12.2 Å². The number of nitrogens with one attached hydrogen (secondary N) is 1. The topological polar surface area (TPSA) is 46.5 Å². The molecule has 0 saturated carbocycles. The Balaban J connectivity index is 1.49. The number of hydrogen-bond acceptors (Lipinski definition) is 3. The number of fused-ring (bicyclic) bond motifs is 4. The summed E-state index contributed by atoms with van der Waals surface area (Å²) >= 11 is 5.63. The Bertz CT molecular complexity index is 846. The fraction of sp³-hybridized carbons (Fsp3) is 0.368. The van der Waals surface area contributed by atoms with Gasteiger partial charge in [0.15, 0.2) is 5.11 Å². The van der Waals surface area contributed by atoms with Crippen LogP contribution in [0.15, 0.2) is 47.3 Å². The molecular formula is C19H21N3O2S. The molecule has 2 aromatic rings. The number of likely N-dealkylation sites (tertiary alicyclic amines) is 1. The third-order valence-electron chi connectivity index (χ3n) is 5.11. The summed E-state index contributed by atoms with van der Waals surface area (Å²) in [6.45, 7) is 2.52. The first-order valence-corrected chi connectivity index (χ1v) is 8.94. The molecule has 1 fully saturated rings.